The molecule has 0 aromatic heterocycles. The number of aliphatic hydroxyl groups excluding tert-OH is 1. The molecule has 6 heteroatoms. The normalized spacial score (nSPS) is 31.7. The van der Waals surface area contributed by atoms with Gasteiger partial charge in [0.1, 0.15) is 6.23 Å². The summed E-state index contributed by atoms with van der Waals surface area (Å²) in [4.78, 5) is 0. The number of halogens is 4. The van der Waals surface area contributed by atoms with Gasteiger partial charge in [0, 0.05) is 11.4 Å². The Balaban J connectivity index is 1.91. The van der Waals surface area contributed by atoms with E-state index in [1.807, 2.05) is 6.92 Å². The summed E-state index contributed by atoms with van der Waals surface area (Å²) < 4.78 is 40.8. The van der Waals surface area contributed by atoms with Crippen molar-refractivity contribution < 1.29 is 18.3 Å². The lowest BCUT2D eigenvalue weighted by Crippen LogP contribution is -2.46. The fourth-order valence-electron chi connectivity index (χ4n) is 4.42. The number of hydrogen-bond donors (Lipinski definition) is 2. The summed E-state index contributed by atoms with van der Waals surface area (Å²) in [5.74, 6) is -0.873. The first-order valence-electron chi connectivity index (χ1n) is 10.1. The predicted molar refractivity (Wildman–Crippen MR) is 103 cm³/mol. The molecule has 0 saturated heterocycles. The fraction of sp³-hybridized carbons (Fsp3) is 0.900. The molecular weight excluding hydrogens is 407 g/mol. The molecule has 0 aromatic carbocycles. The van der Waals surface area contributed by atoms with Crippen LogP contribution in [0, 0.1) is 17.8 Å². The first-order valence-corrected chi connectivity index (χ1v) is 11.2. The lowest BCUT2D eigenvalue weighted by atomic mass is 9.74. The molecule has 2 nitrogen and oxygen atoms in total. The van der Waals surface area contributed by atoms with Crippen molar-refractivity contribution in [2.45, 2.75) is 89.6 Å². The monoisotopic (exact) mass is 439 g/mol. The van der Waals surface area contributed by atoms with Crippen molar-refractivity contribution in [2.75, 3.05) is 5.33 Å². The van der Waals surface area contributed by atoms with Crippen molar-refractivity contribution in [1.29, 1.82) is 0 Å². The van der Waals surface area contributed by atoms with Crippen molar-refractivity contribution in [3.8, 4) is 0 Å². The molecule has 2 aliphatic rings. The summed E-state index contributed by atoms with van der Waals surface area (Å²) in [6, 6.07) is -0.235. The van der Waals surface area contributed by atoms with Gasteiger partial charge in [0.15, 0.2) is 0 Å². The van der Waals surface area contributed by atoms with Gasteiger partial charge in [0.05, 0.1) is 5.92 Å². The van der Waals surface area contributed by atoms with Gasteiger partial charge >= 0.3 is 6.18 Å². The van der Waals surface area contributed by atoms with E-state index in [1.54, 1.807) is 0 Å². The van der Waals surface area contributed by atoms with Crippen molar-refractivity contribution in [3.63, 3.8) is 0 Å². The molecule has 26 heavy (non-hydrogen) atoms. The van der Waals surface area contributed by atoms with Crippen molar-refractivity contribution in [3.05, 3.63) is 11.6 Å². The van der Waals surface area contributed by atoms with E-state index in [9.17, 15) is 18.3 Å². The molecule has 0 aliphatic heterocycles. The predicted octanol–water partition coefficient (Wildman–Crippen LogP) is 5.94. The molecule has 0 aromatic rings. The Kier molecular flexibility index (Phi) is 8.95. The average molecular weight is 440 g/mol. The largest absolute Gasteiger partial charge is 0.392 e. The second-order valence-electron chi connectivity index (χ2n) is 8.09. The highest BCUT2D eigenvalue weighted by atomic mass is 79.9. The van der Waals surface area contributed by atoms with Gasteiger partial charge in [-0.25, -0.2) is 0 Å². The minimum Gasteiger partial charge on any atom is -0.379 e. The molecule has 0 amide bonds. The lowest BCUT2D eigenvalue weighted by Gasteiger charge is -2.38. The first-order chi connectivity index (χ1) is 12.3. The minimum atomic E-state index is -4.16. The van der Waals surface area contributed by atoms with E-state index in [0.717, 1.165) is 37.4 Å². The van der Waals surface area contributed by atoms with Crippen LogP contribution in [-0.4, -0.2) is 28.9 Å². The van der Waals surface area contributed by atoms with E-state index in [-0.39, 0.29) is 18.4 Å². The Morgan fingerprint density at radius 2 is 1.92 bits per heavy atom. The Hall–Kier alpha value is -0.0700. The quantitative estimate of drug-likeness (QED) is 0.292. The molecule has 2 fully saturated rings. The zero-order chi connectivity index (χ0) is 19.2. The summed E-state index contributed by atoms with van der Waals surface area (Å²) in [6.45, 7) is 1.96. The van der Waals surface area contributed by atoms with Gasteiger partial charge < -0.3 is 5.11 Å². The summed E-state index contributed by atoms with van der Waals surface area (Å²) in [7, 11) is 0. The minimum absolute atomic E-state index is 0.0871. The van der Waals surface area contributed by atoms with Crippen molar-refractivity contribution in [2.24, 2.45) is 17.8 Å². The first kappa shape index (κ1) is 22.2. The third kappa shape index (κ3) is 6.83. The molecule has 2 N–H and O–H groups in total. The second-order valence-corrected chi connectivity index (χ2v) is 8.73. The van der Waals surface area contributed by atoms with Crippen LogP contribution in [0.3, 0.4) is 0 Å². The number of hydrogen-bond acceptors (Lipinski definition) is 2. The van der Waals surface area contributed by atoms with E-state index in [4.69, 9.17) is 0 Å². The fourth-order valence-corrected chi connectivity index (χ4v) is 5.07. The smallest absolute Gasteiger partial charge is 0.379 e. The van der Waals surface area contributed by atoms with Gasteiger partial charge in [-0.3, -0.25) is 5.32 Å². The van der Waals surface area contributed by atoms with Crippen LogP contribution < -0.4 is 5.32 Å². The van der Waals surface area contributed by atoms with E-state index in [2.05, 4.69) is 27.3 Å². The zero-order valence-electron chi connectivity index (χ0n) is 15.7. The van der Waals surface area contributed by atoms with Crippen LogP contribution in [0.1, 0.15) is 71.1 Å². The molecule has 2 saturated carbocycles. The molecule has 4 atom stereocenters. The molecule has 0 radical (unpaired) electrons. The van der Waals surface area contributed by atoms with Crippen LogP contribution in [0.5, 0.6) is 0 Å². The molecule has 0 spiro atoms. The van der Waals surface area contributed by atoms with Crippen LogP contribution in [-0.2, 0) is 0 Å². The van der Waals surface area contributed by atoms with Gasteiger partial charge in [-0.15, -0.1) is 0 Å². The maximum absolute atomic E-state index is 13.6. The van der Waals surface area contributed by atoms with Crippen LogP contribution in [0.15, 0.2) is 11.6 Å². The molecule has 2 rings (SSSR count). The standard InChI is InChI=1S/C20H33BrF3NO/c1-2-3-19(26)25-17-11-10-16(18(12-17)20(22,23)24)9-8-14-4-6-15(13-21)7-5-14/h8,15-19,25-26H,2-7,9-13H2,1H3. The van der Waals surface area contributed by atoms with Gasteiger partial charge in [0.2, 0.25) is 0 Å². The van der Waals surface area contributed by atoms with E-state index in [1.165, 1.54) is 5.57 Å². The molecule has 0 heterocycles. The SMILES string of the molecule is CCCC(O)NC1CCC(CC=C2CCC(CBr)CC2)C(C(F)(F)F)C1. The Labute approximate surface area is 164 Å². The molecule has 4 unspecified atom stereocenters. The second kappa shape index (κ2) is 10.5. The van der Waals surface area contributed by atoms with Gasteiger partial charge in [-0.05, 0) is 69.6 Å². The van der Waals surface area contributed by atoms with Crippen molar-refractivity contribution in [1.82, 2.24) is 5.32 Å². The number of nitrogens with one attached hydrogen (secondary N) is 1. The Morgan fingerprint density at radius 1 is 1.23 bits per heavy atom. The summed E-state index contributed by atoms with van der Waals surface area (Å²) in [6.07, 6.45) is 4.93. The Bertz CT molecular complexity index is 445. The maximum atomic E-state index is 13.6. The van der Waals surface area contributed by atoms with E-state index in [0.29, 0.717) is 31.6 Å². The van der Waals surface area contributed by atoms with Crippen LogP contribution in [0.25, 0.3) is 0 Å². The highest BCUT2D eigenvalue weighted by molar-refractivity contribution is 9.09. The van der Waals surface area contributed by atoms with Crippen LogP contribution in [0.2, 0.25) is 0 Å². The molecular formula is C20H33BrF3NO. The molecule has 2 aliphatic carbocycles. The summed E-state index contributed by atoms with van der Waals surface area (Å²) >= 11 is 3.53. The summed E-state index contributed by atoms with van der Waals surface area (Å²) in [5.41, 5.74) is 1.35. The third-order valence-corrected chi connectivity index (χ3v) is 6.99. The highest BCUT2D eigenvalue weighted by Gasteiger charge is 2.47. The topological polar surface area (TPSA) is 32.3 Å². The van der Waals surface area contributed by atoms with Crippen LogP contribution in [0.4, 0.5) is 13.2 Å². The lowest BCUT2D eigenvalue weighted by molar-refractivity contribution is -0.198. The van der Waals surface area contributed by atoms with Gasteiger partial charge in [-0.2, -0.15) is 13.2 Å². The average Bonchev–Trinajstić information content (AvgIpc) is 2.60. The molecule has 0 bridgehead atoms. The summed E-state index contributed by atoms with van der Waals surface area (Å²) in [5, 5.41) is 13.9. The number of alkyl halides is 4. The number of allylic oxidation sites excluding steroid dienone is 2. The Morgan fingerprint density at radius 3 is 2.50 bits per heavy atom. The van der Waals surface area contributed by atoms with E-state index >= 15 is 0 Å². The number of rotatable bonds is 7. The van der Waals surface area contributed by atoms with Gasteiger partial charge in [-0.1, -0.05) is 40.9 Å². The third-order valence-electron chi connectivity index (χ3n) is 6.08. The van der Waals surface area contributed by atoms with Gasteiger partial charge in [0.25, 0.3) is 0 Å². The van der Waals surface area contributed by atoms with Crippen LogP contribution >= 0.6 is 15.9 Å². The molecule has 152 valence electrons. The highest BCUT2D eigenvalue weighted by Crippen LogP contribution is 2.43. The van der Waals surface area contributed by atoms with Crippen molar-refractivity contribution >= 4 is 15.9 Å². The number of aliphatic hydroxyl groups is 1. The maximum Gasteiger partial charge on any atom is 0.392 e. The van der Waals surface area contributed by atoms with E-state index < -0.39 is 18.3 Å². The zero-order valence-corrected chi connectivity index (χ0v) is 17.3.